The summed E-state index contributed by atoms with van der Waals surface area (Å²) in [7, 11) is -3.50. The second-order valence-corrected chi connectivity index (χ2v) is 11.5. The zero-order chi connectivity index (χ0) is 23.5. The van der Waals surface area contributed by atoms with Gasteiger partial charge in [0, 0.05) is 45.3 Å². The van der Waals surface area contributed by atoms with E-state index in [9.17, 15) is 13.2 Å². The van der Waals surface area contributed by atoms with Gasteiger partial charge in [-0.3, -0.25) is 9.69 Å². The third kappa shape index (κ3) is 5.32. The van der Waals surface area contributed by atoms with Crippen LogP contribution in [-0.2, 0) is 16.6 Å². The van der Waals surface area contributed by atoms with Gasteiger partial charge in [-0.1, -0.05) is 30.3 Å². The van der Waals surface area contributed by atoms with Crippen LogP contribution in [0.15, 0.2) is 34.7 Å². The second kappa shape index (κ2) is 10.1. The fourth-order valence-corrected chi connectivity index (χ4v) is 6.68. The van der Waals surface area contributed by atoms with Crippen molar-refractivity contribution in [1.82, 2.24) is 30.0 Å². The summed E-state index contributed by atoms with van der Waals surface area (Å²) in [5.41, 5.74) is 1.27. The Hall–Kier alpha value is -2.34. The van der Waals surface area contributed by atoms with Crippen LogP contribution in [0.3, 0.4) is 0 Å². The van der Waals surface area contributed by atoms with Gasteiger partial charge in [-0.05, 0) is 37.7 Å². The summed E-state index contributed by atoms with van der Waals surface area (Å²) in [5, 5.41) is 10.5. The minimum atomic E-state index is -3.50. The maximum Gasteiger partial charge on any atom is 0.311 e. The molecule has 0 bridgehead atoms. The van der Waals surface area contributed by atoms with E-state index in [4.69, 9.17) is 4.42 Å². The topological polar surface area (TPSA) is 121 Å². The highest BCUT2D eigenvalue weighted by Crippen LogP contribution is 2.27. The van der Waals surface area contributed by atoms with E-state index < -0.39 is 15.3 Å². The molecule has 1 amide bonds. The Labute approximate surface area is 200 Å². The summed E-state index contributed by atoms with van der Waals surface area (Å²) in [4.78, 5) is 16.5. The van der Waals surface area contributed by atoms with E-state index in [0.717, 1.165) is 45.3 Å². The molecule has 0 radical (unpaired) electrons. The van der Waals surface area contributed by atoms with Gasteiger partial charge in [0.25, 0.3) is 0 Å². The lowest BCUT2D eigenvalue weighted by Crippen LogP contribution is -2.47. The highest BCUT2D eigenvalue weighted by molar-refractivity contribution is 7.90. The van der Waals surface area contributed by atoms with Crippen molar-refractivity contribution in [3.8, 4) is 0 Å². The van der Waals surface area contributed by atoms with Crippen molar-refractivity contribution in [2.75, 3.05) is 32.7 Å². The average Bonchev–Trinajstić information content (AvgIpc) is 3.62. The molecule has 3 aliphatic rings. The predicted octanol–water partition coefficient (Wildman–Crippen LogP) is 1.29. The molecule has 0 aliphatic carbocycles. The normalized spacial score (nSPS) is 24.6. The van der Waals surface area contributed by atoms with Gasteiger partial charge in [0.15, 0.2) is 0 Å². The smallest absolute Gasteiger partial charge is 0.311 e. The summed E-state index contributed by atoms with van der Waals surface area (Å²) in [6.07, 6.45) is 3.88. The van der Waals surface area contributed by atoms with Crippen molar-refractivity contribution >= 4 is 15.9 Å². The van der Waals surface area contributed by atoms with E-state index >= 15 is 0 Å². The van der Waals surface area contributed by atoms with Crippen LogP contribution in [0.25, 0.3) is 0 Å². The Morgan fingerprint density at radius 3 is 2.56 bits per heavy atom. The SMILES string of the molecule is O=C(c1nnc(C2CC(S(=O)(=O)NC3CCN(Cc4ccccc4)CC3)CN2)o1)N1CCCC1. The molecule has 3 aliphatic heterocycles. The Bertz CT molecular complexity index is 1080. The summed E-state index contributed by atoms with van der Waals surface area (Å²) in [5.74, 6) is -0.00134. The number of hydrogen-bond donors (Lipinski definition) is 2. The number of nitrogens with zero attached hydrogens (tertiary/aromatic N) is 4. The van der Waals surface area contributed by atoms with E-state index in [2.05, 4.69) is 37.3 Å². The van der Waals surface area contributed by atoms with E-state index in [0.29, 0.717) is 26.1 Å². The van der Waals surface area contributed by atoms with Crippen LogP contribution in [0.2, 0.25) is 0 Å². The lowest BCUT2D eigenvalue weighted by atomic mass is 10.1. The Morgan fingerprint density at radius 2 is 1.82 bits per heavy atom. The maximum atomic E-state index is 13.0. The number of carbonyl (C=O) groups excluding carboxylic acids is 1. The van der Waals surface area contributed by atoms with Crippen LogP contribution >= 0.6 is 0 Å². The Morgan fingerprint density at radius 1 is 1.09 bits per heavy atom. The monoisotopic (exact) mass is 488 g/mol. The first-order valence-electron chi connectivity index (χ1n) is 12.1. The number of benzene rings is 1. The molecule has 5 rings (SSSR count). The number of likely N-dealkylation sites (tertiary alicyclic amines) is 2. The minimum absolute atomic E-state index is 0.0228. The molecule has 3 saturated heterocycles. The lowest BCUT2D eigenvalue weighted by molar-refractivity contribution is 0.0750. The van der Waals surface area contributed by atoms with Gasteiger partial charge in [-0.2, -0.15) is 0 Å². The first-order chi connectivity index (χ1) is 16.5. The van der Waals surface area contributed by atoms with E-state index in [1.54, 1.807) is 4.90 Å². The van der Waals surface area contributed by atoms with Gasteiger partial charge in [0.05, 0.1) is 11.3 Å². The number of rotatable bonds is 7. The average molecular weight is 489 g/mol. The molecule has 4 heterocycles. The van der Waals surface area contributed by atoms with Crippen LogP contribution in [0.4, 0.5) is 0 Å². The lowest BCUT2D eigenvalue weighted by Gasteiger charge is -2.32. The predicted molar refractivity (Wildman–Crippen MR) is 125 cm³/mol. The third-order valence-corrected chi connectivity index (χ3v) is 8.91. The van der Waals surface area contributed by atoms with Crippen molar-refractivity contribution in [2.45, 2.75) is 56.0 Å². The van der Waals surface area contributed by atoms with Crippen LogP contribution < -0.4 is 10.0 Å². The largest absolute Gasteiger partial charge is 0.415 e. The number of carbonyl (C=O) groups is 1. The van der Waals surface area contributed by atoms with E-state index in [1.807, 2.05) is 18.2 Å². The van der Waals surface area contributed by atoms with Crippen molar-refractivity contribution in [2.24, 2.45) is 0 Å². The quantitative estimate of drug-likeness (QED) is 0.598. The van der Waals surface area contributed by atoms with E-state index in [-0.39, 0.29) is 29.8 Å². The summed E-state index contributed by atoms with van der Waals surface area (Å²) in [6.45, 7) is 4.34. The molecule has 2 N–H and O–H groups in total. The number of piperidine rings is 1. The minimum Gasteiger partial charge on any atom is -0.415 e. The van der Waals surface area contributed by atoms with Crippen LogP contribution in [0.1, 0.15) is 60.3 Å². The molecule has 10 nitrogen and oxygen atoms in total. The van der Waals surface area contributed by atoms with Crippen molar-refractivity contribution in [3.05, 3.63) is 47.7 Å². The first-order valence-corrected chi connectivity index (χ1v) is 13.7. The zero-order valence-electron chi connectivity index (χ0n) is 19.2. The summed E-state index contributed by atoms with van der Waals surface area (Å²) in [6, 6.07) is 9.91. The fourth-order valence-electron chi connectivity index (χ4n) is 5.02. The van der Waals surface area contributed by atoms with Gasteiger partial charge in [-0.25, -0.2) is 13.1 Å². The zero-order valence-corrected chi connectivity index (χ0v) is 20.0. The fraction of sp³-hybridized carbons (Fsp3) is 0.609. The molecule has 2 unspecified atom stereocenters. The van der Waals surface area contributed by atoms with Gasteiger partial charge >= 0.3 is 11.8 Å². The summed E-state index contributed by atoms with van der Waals surface area (Å²) >= 11 is 0. The molecule has 184 valence electrons. The Kier molecular flexibility index (Phi) is 6.96. The van der Waals surface area contributed by atoms with Gasteiger partial charge in [0.2, 0.25) is 15.9 Å². The van der Waals surface area contributed by atoms with Gasteiger partial charge in [-0.15, -0.1) is 10.2 Å². The molecule has 34 heavy (non-hydrogen) atoms. The Balaban J connectivity index is 1.12. The molecule has 3 fully saturated rings. The number of hydrogen-bond acceptors (Lipinski definition) is 8. The summed E-state index contributed by atoms with van der Waals surface area (Å²) < 4.78 is 34.6. The van der Waals surface area contributed by atoms with Crippen molar-refractivity contribution in [1.29, 1.82) is 0 Å². The number of amides is 1. The highest BCUT2D eigenvalue weighted by atomic mass is 32.2. The molecule has 11 heteroatoms. The van der Waals surface area contributed by atoms with Crippen LogP contribution in [0.5, 0.6) is 0 Å². The van der Waals surface area contributed by atoms with Crippen molar-refractivity contribution in [3.63, 3.8) is 0 Å². The second-order valence-electron chi connectivity index (χ2n) is 9.46. The molecule has 0 spiro atoms. The molecular formula is C23H32N6O4S. The maximum absolute atomic E-state index is 13.0. The number of sulfonamides is 1. The van der Waals surface area contributed by atoms with Crippen LogP contribution in [0, 0.1) is 0 Å². The molecule has 2 aromatic rings. The molecule has 0 saturated carbocycles. The number of nitrogens with one attached hydrogen (secondary N) is 2. The van der Waals surface area contributed by atoms with Crippen LogP contribution in [-0.4, -0.2) is 78.3 Å². The standard InChI is InChI=1S/C23H32N6O4S/c30-23(29-10-4-5-11-29)22-26-25-21(33-22)20-14-19(15-24-20)34(31,32)27-18-8-12-28(13-9-18)16-17-6-2-1-3-7-17/h1-3,6-7,18-20,24,27H,4-5,8-16H2. The molecular weight excluding hydrogens is 456 g/mol. The van der Waals surface area contributed by atoms with E-state index in [1.165, 1.54) is 5.56 Å². The molecule has 1 aromatic heterocycles. The molecule has 2 atom stereocenters. The highest BCUT2D eigenvalue weighted by Gasteiger charge is 2.39. The van der Waals surface area contributed by atoms with Gasteiger partial charge in [0.1, 0.15) is 0 Å². The molecule has 1 aromatic carbocycles. The van der Waals surface area contributed by atoms with Crippen molar-refractivity contribution < 1.29 is 17.6 Å². The number of aromatic nitrogens is 2. The third-order valence-electron chi connectivity index (χ3n) is 7.01. The van der Waals surface area contributed by atoms with Gasteiger partial charge < -0.3 is 14.6 Å². The first kappa shape index (κ1) is 23.4.